The minimum Gasteiger partial charge on any atom is -0.493 e. The number of hydrogen-bond acceptors (Lipinski definition) is 2. The second-order valence-corrected chi connectivity index (χ2v) is 6.73. The first-order valence-corrected chi connectivity index (χ1v) is 7.84. The molecular weight excluding hydrogens is 264 g/mol. The van der Waals surface area contributed by atoms with E-state index in [0.29, 0.717) is 18.9 Å². The lowest BCUT2D eigenvalue weighted by atomic mass is 9.80. The highest BCUT2D eigenvalue weighted by molar-refractivity contribution is 5.74. The maximum Gasteiger partial charge on any atom is 0.309 e. The van der Waals surface area contributed by atoms with Crippen molar-refractivity contribution in [3.05, 3.63) is 29.3 Å². The highest BCUT2D eigenvalue weighted by Crippen LogP contribution is 2.42. The van der Waals surface area contributed by atoms with E-state index < -0.39 is 11.4 Å². The molecule has 1 aromatic rings. The van der Waals surface area contributed by atoms with Gasteiger partial charge >= 0.3 is 5.97 Å². The third-order valence-corrected chi connectivity index (χ3v) is 4.43. The van der Waals surface area contributed by atoms with E-state index in [1.54, 1.807) is 0 Å². The van der Waals surface area contributed by atoms with Gasteiger partial charge < -0.3 is 9.84 Å². The monoisotopic (exact) mass is 290 g/mol. The summed E-state index contributed by atoms with van der Waals surface area (Å²) in [4.78, 5) is 11.5. The molecule has 3 heteroatoms. The van der Waals surface area contributed by atoms with E-state index in [9.17, 15) is 9.90 Å². The van der Waals surface area contributed by atoms with E-state index in [1.165, 1.54) is 18.4 Å². The van der Waals surface area contributed by atoms with E-state index >= 15 is 0 Å². The van der Waals surface area contributed by atoms with Crippen molar-refractivity contribution in [2.24, 2.45) is 11.3 Å². The Balaban J connectivity index is 1.82. The second-order valence-electron chi connectivity index (χ2n) is 6.73. The molecule has 0 heterocycles. The van der Waals surface area contributed by atoms with Crippen LogP contribution in [-0.4, -0.2) is 17.7 Å². The van der Waals surface area contributed by atoms with Crippen molar-refractivity contribution in [2.45, 2.75) is 52.9 Å². The van der Waals surface area contributed by atoms with Crippen molar-refractivity contribution in [2.75, 3.05) is 6.61 Å². The van der Waals surface area contributed by atoms with Crippen LogP contribution < -0.4 is 4.74 Å². The Morgan fingerprint density at radius 3 is 2.71 bits per heavy atom. The quantitative estimate of drug-likeness (QED) is 0.724. The summed E-state index contributed by atoms with van der Waals surface area (Å²) in [6, 6.07) is 6.16. The molecule has 1 N–H and O–H groups in total. The van der Waals surface area contributed by atoms with Gasteiger partial charge in [-0.3, -0.25) is 4.79 Å². The van der Waals surface area contributed by atoms with Crippen LogP contribution >= 0.6 is 0 Å². The molecule has 1 atom stereocenters. The fourth-order valence-corrected chi connectivity index (χ4v) is 2.76. The predicted molar refractivity (Wildman–Crippen MR) is 83.7 cm³/mol. The zero-order chi connectivity index (χ0) is 15.5. The summed E-state index contributed by atoms with van der Waals surface area (Å²) in [5.74, 6) is 0.876. The maximum absolute atomic E-state index is 11.5. The molecule has 21 heavy (non-hydrogen) atoms. The van der Waals surface area contributed by atoms with Crippen molar-refractivity contribution in [3.63, 3.8) is 0 Å². The normalized spacial score (nSPS) is 17.3. The number of aliphatic carboxylic acids is 1. The first kappa shape index (κ1) is 15.9. The Labute approximate surface area is 127 Å². The summed E-state index contributed by atoms with van der Waals surface area (Å²) in [5.41, 5.74) is 1.71. The number of carbonyl (C=O) groups is 1. The predicted octanol–water partition coefficient (Wildman–Crippen LogP) is 4.35. The van der Waals surface area contributed by atoms with Gasteiger partial charge in [-0.15, -0.1) is 0 Å². The van der Waals surface area contributed by atoms with Crippen LogP contribution in [0.5, 0.6) is 5.75 Å². The van der Waals surface area contributed by atoms with E-state index in [2.05, 4.69) is 12.1 Å². The molecule has 0 radical (unpaired) electrons. The molecule has 0 aliphatic heterocycles. The van der Waals surface area contributed by atoms with Crippen LogP contribution in [0.25, 0.3) is 0 Å². The molecule has 0 amide bonds. The zero-order valence-corrected chi connectivity index (χ0v) is 13.3. The average molecular weight is 290 g/mol. The standard InChI is InChI=1S/C18H26O3/c1-13-5-6-14(2)16(11-13)21-10-4-9-18(3,17(19)20)12-15-7-8-15/h5-6,11,15H,4,7-10,12H2,1-3H3,(H,19,20). The highest BCUT2D eigenvalue weighted by atomic mass is 16.5. The molecule has 3 nitrogen and oxygen atoms in total. The van der Waals surface area contributed by atoms with Crippen LogP contribution in [0.4, 0.5) is 0 Å². The van der Waals surface area contributed by atoms with E-state index in [4.69, 9.17) is 4.74 Å². The van der Waals surface area contributed by atoms with Crippen molar-refractivity contribution < 1.29 is 14.6 Å². The third kappa shape index (κ3) is 4.48. The Hall–Kier alpha value is -1.51. The van der Waals surface area contributed by atoms with Crippen LogP contribution in [0.2, 0.25) is 0 Å². The number of ether oxygens (including phenoxy) is 1. The lowest BCUT2D eigenvalue weighted by Crippen LogP contribution is -2.28. The van der Waals surface area contributed by atoms with Gasteiger partial charge in [-0.25, -0.2) is 0 Å². The molecule has 1 fully saturated rings. The Bertz CT molecular complexity index is 505. The first-order valence-electron chi connectivity index (χ1n) is 7.84. The van der Waals surface area contributed by atoms with Crippen LogP contribution in [-0.2, 0) is 4.79 Å². The Morgan fingerprint density at radius 2 is 2.10 bits per heavy atom. The molecule has 1 aromatic carbocycles. The number of aryl methyl sites for hydroxylation is 2. The average Bonchev–Trinajstić information content (AvgIpc) is 3.22. The van der Waals surface area contributed by atoms with Gasteiger partial charge in [0.2, 0.25) is 0 Å². The maximum atomic E-state index is 11.5. The van der Waals surface area contributed by atoms with E-state index in [0.717, 1.165) is 24.2 Å². The minimum atomic E-state index is -0.666. The number of benzene rings is 1. The van der Waals surface area contributed by atoms with Crippen molar-refractivity contribution in [1.29, 1.82) is 0 Å². The molecule has 0 aromatic heterocycles. The van der Waals surface area contributed by atoms with Crippen molar-refractivity contribution >= 4 is 5.97 Å². The van der Waals surface area contributed by atoms with E-state index in [1.807, 2.05) is 26.8 Å². The number of carboxylic acids is 1. The van der Waals surface area contributed by atoms with Gasteiger partial charge in [-0.2, -0.15) is 0 Å². The molecule has 2 rings (SSSR count). The molecular formula is C18H26O3. The van der Waals surface area contributed by atoms with Crippen LogP contribution in [0, 0.1) is 25.2 Å². The van der Waals surface area contributed by atoms with Gasteiger partial charge in [-0.1, -0.05) is 25.0 Å². The molecule has 0 saturated heterocycles. The topological polar surface area (TPSA) is 46.5 Å². The summed E-state index contributed by atoms with van der Waals surface area (Å²) in [5, 5.41) is 9.47. The molecule has 1 aliphatic rings. The molecule has 0 bridgehead atoms. The van der Waals surface area contributed by atoms with Gasteiger partial charge in [-0.05, 0) is 63.1 Å². The summed E-state index contributed by atoms with van der Waals surface area (Å²) in [6.45, 7) is 6.54. The minimum absolute atomic E-state index is 0.581. The SMILES string of the molecule is Cc1ccc(C)c(OCCCC(C)(CC2CC2)C(=O)O)c1. The van der Waals surface area contributed by atoms with Gasteiger partial charge in [0.05, 0.1) is 12.0 Å². The number of hydrogen-bond donors (Lipinski definition) is 1. The largest absolute Gasteiger partial charge is 0.493 e. The second kappa shape index (κ2) is 6.50. The summed E-state index contributed by atoms with van der Waals surface area (Å²) < 4.78 is 5.82. The Morgan fingerprint density at radius 1 is 1.38 bits per heavy atom. The van der Waals surface area contributed by atoms with Crippen LogP contribution in [0.3, 0.4) is 0 Å². The number of rotatable bonds is 8. The smallest absolute Gasteiger partial charge is 0.309 e. The fourth-order valence-electron chi connectivity index (χ4n) is 2.76. The summed E-state index contributed by atoms with van der Waals surface area (Å²) >= 11 is 0. The summed E-state index contributed by atoms with van der Waals surface area (Å²) in [6.07, 6.45) is 4.67. The lowest BCUT2D eigenvalue weighted by Gasteiger charge is -2.24. The molecule has 1 aliphatic carbocycles. The molecule has 1 unspecified atom stereocenters. The lowest BCUT2D eigenvalue weighted by molar-refractivity contribution is -0.149. The van der Waals surface area contributed by atoms with Gasteiger partial charge in [0.25, 0.3) is 0 Å². The third-order valence-electron chi connectivity index (χ3n) is 4.43. The first-order chi connectivity index (χ1) is 9.90. The van der Waals surface area contributed by atoms with Crippen LogP contribution in [0.15, 0.2) is 18.2 Å². The molecule has 1 saturated carbocycles. The van der Waals surface area contributed by atoms with Gasteiger partial charge in [0.1, 0.15) is 5.75 Å². The molecule has 0 spiro atoms. The van der Waals surface area contributed by atoms with Crippen LogP contribution in [0.1, 0.15) is 50.2 Å². The number of carboxylic acid groups (broad SMARTS) is 1. The fraction of sp³-hybridized carbons (Fsp3) is 0.611. The molecule has 116 valence electrons. The Kier molecular flexibility index (Phi) is 4.92. The van der Waals surface area contributed by atoms with E-state index in [-0.39, 0.29) is 0 Å². The van der Waals surface area contributed by atoms with Crippen molar-refractivity contribution in [1.82, 2.24) is 0 Å². The zero-order valence-electron chi connectivity index (χ0n) is 13.3. The summed E-state index contributed by atoms with van der Waals surface area (Å²) in [7, 11) is 0. The van der Waals surface area contributed by atoms with Gasteiger partial charge in [0, 0.05) is 0 Å². The van der Waals surface area contributed by atoms with Crippen molar-refractivity contribution in [3.8, 4) is 5.75 Å². The van der Waals surface area contributed by atoms with Gasteiger partial charge in [0.15, 0.2) is 0 Å². The highest BCUT2D eigenvalue weighted by Gasteiger charge is 2.38.